The van der Waals surface area contributed by atoms with E-state index in [1.54, 1.807) is 26.0 Å². The number of nitrogens with one attached hydrogen (secondary N) is 3. The number of aryl methyl sites for hydroxylation is 4. The van der Waals surface area contributed by atoms with Gasteiger partial charge in [0.1, 0.15) is 59.0 Å². The van der Waals surface area contributed by atoms with E-state index >= 15 is 0 Å². The Hall–Kier alpha value is -12.4. The molecule has 0 bridgehead atoms. The summed E-state index contributed by atoms with van der Waals surface area (Å²) in [6.07, 6.45) is 28.3. The van der Waals surface area contributed by atoms with E-state index in [2.05, 4.69) is 175 Å². The van der Waals surface area contributed by atoms with E-state index in [9.17, 15) is 0 Å². The first-order valence-corrected chi connectivity index (χ1v) is 39.9. The number of terminal acetylenes is 1. The lowest BCUT2D eigenvalue weighted by molar-refractivity contribution is 0.340. The number of aromatic amines is 3. The smallest absolute Gasteiger partial charge is 0.213 e. The van der Waals surface area contributed by atoms with Crippen molar-refractivity contribution in [2.45, 2.75) is 124 Å². The van der Waals surface area contributed by atoms with Gasteiger partial charge in [-0.25, -0.2) is 39.9 Å². The Labute approximate surface area is 662 Å². The highest BCUT2D eigenvalue weighted by Crippen LogP contribution is 2.43. The Kier molecular flexibility index (Phi) is 22.2. The van der Waals surface area contributed by atoms with E-state index in [4.69, 9.17) is 55.3 Å². The van der Waals surface area contributed by atoms with Crippen LogP contribution in [0.4, 0.5) is 17.3 Å². The number of anilines is 3. The van der Waals surface area contributed by atoms with Crippen LogP contribution in [0, 0.1) is 40.0 Å². The van der Waals surface area contributed by atoms with Gasteiger partial charge in [0.15, 0.2) is 0 Å². The molecule has 572 valence electrons. The minimum absolute atomic E-state index is 0.400. The fraction of sp³-hybridized carbons (Fsp3) is 0.309. The van der Waals surface area contributed by atoms with Gasteiger partial charge in [0.2, 0.25) is 5.88 Å². The number of hydrogen-bond acceptors (Lipinski definition) is 16. The van der Waals surface area contributed by atoms with Crippen LogP contribution in [-0.2, 0) is 19.3 Å². The van der Waals surface area contributed by atoms with Crippen molar-refractivity contribution in [1.29, 1.82) is 0 Å². The molecule has 3 aliphatic heterocycles. The maximum absolute atomic E-state index is 5.59. The van der Waals surface area contributed by atoms with Crippen LogP contribution in [0.15, 0.2) is 165 Å². The van der Waals surface area contributed by atoms with Gasteiger partial charge >= 0.3 is 0 Å². The average molecular weight is 1500 g/mol. The first-order chi connectivity index (χ1) is 55.3. The molecule has 0 radical (unpaired) electrons. The number of pyridine rings is 2. The molecule has 12 aromatic rings. The van der Waals surface area contributed by atoms with Crippen molar-refractivity contribution in [3.8, 4) is 69.2 Å². The Morgan fingerprint density at radius 2 is 0.779 bits per heavy atom. The van der Waals surface area contributed by atoms with Crippen molar-refractivity contribution >= 4 is 52.3 Å². The normalized spacial score (nSPS) is 15.4. The molecule has 7 aromatic heterocycles. The zero-order chi connectivity index (χ0) is 77.5. The summed E-state index contributed by atoms with van der Waals surface area (Å²) in [7, 11) is 1.65. The average Bonchev–Trinajstić information content (AvgIpc) is 1.62. The molecule has 3 fully saturated rings. The molecule has 0 saturated carbocycles. The number of rotatable bonds is 19. The number of hydrogen-bond donors (Lipinski definition) is 3. The number of allylic oxidation sites excluding steroid dienone is 3. The van der Waals surface area contributed by atoms with Gasteiger partial charge in [-0.2, -0.15) is 0 Å². The monoisotopic (exact) mass is 1500 g/mol. The number of aromatic nitrogens is 12. The standard InChI is InChI=1S/C32H31N5O.C31H33N5O2.C31H33N5O/c1-4-22-6-8-23(9-7-22)26-18-28-29(19-26)33-20-34-32(28)37-16-14-25(15-17-37)31-35-21(3)30(36-31)24-10-12-27(13-11-24)38-5-2;1-4-38-25-7-5-21(6-8-25)30-20(2)34-31(35-30)22-11-15-36(16-12-22)28-10-14-32-27-18-24(17-26(27)28)23-9-13-33-29(19-23)37-3;1-4-37-26-11-9-23(10-12-26)29-21(3)34-30(35-29)24-13-15-36(16-14-24)31-27-17-25(18-28(27)32-19-33-31)22-7-5-20(2)6-8-22/h1,6-13,18,20,25H,5,14-17,19H2,2-3H3,(H,35,36);5-10,13-14,17,19,22H,4,11-12,15-16,18H2,1-3H3,(H,34,35);5-12,17,19,24H,4,13-16,18H2,1-3H3,(H,34,35). The maximum Gasteiger partial charge on any atom is 0.213 e. The van der Waals surface area contributed by atoms with E-state index in [-0.39, 0.29) is 0 Å². The number of piperidine rings is 3. The Bertz CT molecular complexity index is 5490. The van der Waals surface area contributed by atoms with Crippen molar-refractivity contribution in [3.05, 3.63) is 261 Å². The van der Waals surface area contributed by atoms with E-state index in [1.165, 1.54) is 50.2 Å². The summed E-state index contributed by atoms with van der Waals surface area (Å²) in [5.41, 5.74) is 27.6. The largest absolute Gasteiger partial charge is 0.494 e. The summed E-state index contributed by atoms with van der Waals surface area (Å²) >= 11 is 0. The number of imidazole rings is 3. The van der Waals surface area contributed by atoms with E-state index in [0.717, 1.165) is 228 Å². The van der Waals surface area contributed by atoms with Gasteiger partial charge in [-0.15, -0.1) is 6.42 Å². The molecule has 3 saturated heterocycles. The predicted molar refractivity (Wildman–Crippen MR) is 452 cm³/mol. The summed E-state index contributed by atoms with van der Waals surface area (Å²) < 4.78 is 22.1. The highest BCUT2D eigenvalue weighted by atomic mass is 16.5. The van der Waals surface area contributed by atoms with Gasteiger partial charge in [-0.05, 0) is 236 Å². The Balaban J connectivity index is 0.000000128. The zero-order valence-electron chi connectivity index (χ0n) is 65.9. The predicted octanol–water partition coefficient (Wildman–Crippen LogP) is 18.5. The topological polar surface area (TPSA) is 210 Å². The highest BCUT2D eigenvalue weighted by molar-refractivity contribution is 5.94. The molecule has 0 amide bonds. The molecule has 3 N–H and O–H groups in total. The van der Waals surface area contributed by atoms with Crippen molar-refractivity contribution in [3.63, 3.8) is 0 Å². The summed E-state index contributed by atoms with van der Waals surface area (Å²) in [6, 6.07) is 47.8. The minimum Gasteiger partial charge on any atom is -0.494 e. The minimum atomic E-state index is 0.400. The second kappa shape index (κ2) is 33.6. The van der Waals surface area contributed by atoms with Gasteiger partial charge in [-0.3, -0.25) is 4.98 Å². The van der Waals surface area contributed by atoms with Gasteiger partial charge in [-0.1, -0.05) is 47.9 Å². The van der Waals surface area contributed by atoms with Gasteiger partial charge in [0.25, 0.3) is 0 Å². The van der Waals surface area contributed by atoms with E-state index < -0.39 is 0 Å². The van der Waals surface area contributed by atoms with Crippen molar-refractivity contribution in [2.75, 3.05) is 80.9 Å². The molecular formula is C94H97N15O4. The first-order valence-electron chi connectivity index (χ1n) is 39.9. The zero-order valence-corrected chi connectivity index (χ0v) is 65.9. The number of fused-ring (bicyclic) bond motifs is 3. The van der Waals surface area contributed by atoms with E-state index in [0.29, 0.717) is 43.5 Å². The van der Waals surface area contributed by atoms with Crippen LogP contribution < -0.4 is 33.6 Å². The summed E-state index contributed by atoms with van der Waals surface area (Å²) in [5, 5.41) is 0. The fourth-order valence-electron chi connectivity index (χ4n) is 16.7. The number of methoxy groups -OCH3 is 1. The fourth-order valence-corrected chi connectivity index (χ4v) is 16.7. The second-order valence-corrected chi connectivity index (χ2v) is 30.0. The Morgan fingerprint density at radius 3 is 1.19 bits per heavy atom. The molecule has 19 heteroatoms. The SMILES string of the molecule is C#Cc1ccc(C2=Cc3c(ncnc3N3CCC(c4nc(-c5ccc(OCC)cc5)c(C)[nH]4)CC3)C2)cc1.CCOc1ccc(-c2nc(C3CCN(c4ccnc5c4C=C(c4ccnc(OC)c4)C5)CC3)[nH]c2C)cc1.CCOc1ccc(-c2nc(C3CCN(c4ncnc5c4C=C(c4ccc(C)cc4)C5)CC3)[nH]c2C)cc1. The third-order valence-corrected chi connectivity index (χ3v) is 22.7. The third kappa shape index (κ3) is 16.4. The lowest BCUT2D eigenvalue weighted by atomic mass is 9.95. The highest BCUT2D eigenvalue weighted by Gasteiger charge is 2.33. The maximum atomic E-state index is 5.59. The van der Waals surface area contributed by atoms with Crippen LogP contribution in [0.2, 0.25) is 0 Å². The van der Waals surface area contributed by atoms with Crippen molar-refractivity contribution < 1.29 is 18.9 Å². The van der Waals surface area contributed by atoms with Crippen LogP contribution in [0.5, 0.6) is 23.1 Å². The molecule has 113 heavy (non-hydrogen) atoms. The molecule has 0 atom stereocenters. The number of H-pyrrole nitrogens is 3. The van der Waals surface area contributed by atoms with Crippen molar-refractivity contribution in [1.82, 2.24) is 59.8 Å². The molecule has 6 aliphatic rings. The lowest BCUT2D eigenvalue weighted by Crippen LogP contribution is -2.34. The molecule has 0 spiro atoms. The summed E-state index contributed by atoms with van der Waals surface area (Å²) in [4.78, 5) is 60.8. The number of nitrogens with zero attached hydrogens (tertiary/aromatic N) is 12. The molecule has 3 aliphatic carbocycles. The first kappa shape index (κ1) is 74.7. The van der Waals surface area contributed by atoms with Crippen LogP contribution in [-0.4, -0.2) is 126 Å². The summed E-state index contributed by atoms with van der Waals surface area (Å²) in [5.74, 6) is 12.6. The molecule has 10 heterocycles. The molecule has 18 rings (SSSR count). The molecule has 0 unspecified atom stereocenters. The molecule has 19 nitrogen and oxygen atoms in total. The van der Waals surface area contributed by atoms with Gasteiger partial charge in [0.05, 0.1) is 61.1 Å². The van der Waals surface area contributed by atoms with Crippen molar-refractivity contribution in [2.24, 2.45) is 0 Å². The van der Waals surface area contributed by atoms with Gasteiger partial charge in [0, 0.05) is 156 Å². The number of benzene rings is 5. The lowest BCUT2D eigenvalue weighted by Gasteiger charge is -2.33. The Morgan fingerprint density at radius 1 is 0.407 bits per heavy atom. The second-order valence-electron chi connectivity index (χ2n) is 30.0. The third-order valence-electron chi connectivity index (χ3n) is 22.7. The summed E-state index contributed by atoms with van der Waals surface area (Å²) in [6.45, 7) is 22.2. The quantitative estimate of drug-likeness (QED) is 0.0643. The van der Waals surface area contributed by atoms with Crippen LogP contribution in [0.3, 0.4) is 0 Å². The number of ether oxygens (including phenoxy) is 4. The van der Waals surface area contributed by atoms with Crippen LogP contribution in [0.25, 0.3) is 68.7 Å². The van der Waals surface area contributed by atoms with Crippen LogP contribution in [0.1, 0.15) is 173 Å². The van der Waals surface area contributed by atoms with Crippen LogP contribution >= 0.6 is 0 Å². The van der Waals surface area contributed by atoms with E-state index in [1.807, 2.05) is 87.6 Å². The molecule has 5 aromatic carbocycles. The van der Waals surface area contributed by atoms with Gasteiger partial charge < -0.3 is 48.6 Å². The molecular weight excluding hydrogens is 1400 g/mol.